The molecule has 0 atom stereocenters. The van der Waals surface area contributed by atoms with Crippen LogP contribution in [0.25, 0.3) is 0 Å². The summed E-state index contributed by atoms with van der Waals surface area (Å²) in [6.45, 7) is 0. The zero-order valence-corrected chi connectivity index (χ0v) is 12.1. The molecule has 0 fully saturated rings. The average Bonchev–Trinajstić information content (AvgIpc) is 2.54. The number of hydrogen-bond acceptors (Lipinski definition) is 4. The van der Waals surface area contributed by atoms with E-state index in [1.165, 1.54) is 17.3 Å². The Kier molecular flexibility index (Phi) is 5.56. The maximum atomic E-state index is 8.81. The molecule has 2 aromatic rings. The molecule has 0 spiro atoms. The topological polar surface area (TPSA) is 74.5 Å². The number of rotatable bonds is 4. The lowest BCUT2D eigenvalue weighted by atomic mass is 10.1. The van der Waals surface area contributed by atoms with Crippen LogP contribution in [0.1, 0.15) is 16.7 Å². The molecule has 0 bridgehead atoms. The van der Waals surface area contributed by atoms with Crippen LogP contribution in [-0.4, -0.2) is 11.4 Å². The standard InChI is InChI=1S/C16H14N4S/c17-10-14-7-4-8-15(9-14)11-19-20-16(18)21-12-13-5-2-1-3-6-13/h1-9,11H,12H2,(H2,18,20). The Morgan fingerprint density at radius 3 is 2.76 bits per heavy atom. The molecule has 0 amide bonds. The largest absolute Gasteiger partial charge is 0.377 e. The molecule has 0 unspecified atom stereocenters. The van der Waals surface area contributed by atoms with E-state index in [0.717, 1.165) is 11.3 Å². The molecule has 0 aliphatic rings. The summed E-state index contributed by atoms with van der Waals surface area (Å²) in [5.74, 6) is 0.760. The van der Waals surface area contributed by atoms with Gasteiger partial charge in [-0.25, -0.2) is 0 Å². The molecule has 0 aliphatic heterocycles. The second-order valence-electron chi connectivity index (χ2n) is 4.19. The van der Waals surface area contributed by atoms with Crippen LogP contribution in [0, 0.1) is 11.3 Å². The molecule has 4 nitrogen and oxygen atoms in total. The van der Waals surface area contributed by atoms with Crippen molar-refractivity contribution < 1.29 is 0 Å². The van der Waals surface area contributed by atoms with Crippen molar-refractivity contribution in [2.24, 2.45) is 15.9 Å². The first-order valence-electron chi connectivity index (χ1n) is 6.31. The van der Waals surface area contributed by atoms with E-state index in [2.05, 4.69) is 16.3 Å². The van der Waals surface area contributed by atoms with Crippen molar-refractivity contribution >= 4 is 23.1 Å². The maximum Gasteiger partial charge on any atom is 0.180 e. The summed E-state index contributed by atoms with van der Waals surface area (Å²) in [5, 5.41) is 17.1. The Morgan fingerprint density at radius 2 is 2.00 bits per heavy atom. The van der Waals surface area contributed by atoms with Gasteiger partial charge in [-0.15, -0.1) is 5.10 Å². The van der Waals surface area contributed by atoms with Crippen LogP contribution < -0.4 is 5.73 Å². The molecule has 21 heavy (non-hydrogen) atoms. The monoisotopic (exact) mass is 294 g/mol. The van der Waals surface area contributed by atoms with Crippen LogP contribution in [0.2, 0.25) is 0 Å². The van der Waals surface area contributed by atoms with Gasteiger partial charge in [-0.3, -0.25) is 0 Å². The van der Waals surface area contributed by atoms with E-state index >= 15 is 0 Å². The molecule has 5 heteroatoms. The highest BCUT2D eigenvalue weighted by molar-refractivity contribution is 8.13. The number of nitriles is 1. The predicted octanol–water partition coefficient (Wildman–Crippen LogP) is 3.14. The fraction of sp³-hybridized carbons (Fsp3) is 0.0625. The van der Waals surface area contributed by atoms with Gasteiger partial charge in [0.2, 0.25) is 0 Å². The van der Waals surface area contributed by atoms with Crippen LogP contribution in [-0.2, 0) is 5.75 Å². The first kappa shape index (κ1) is 14.8. The van der Waals surface area contributed by atoms with Crippen LogP contribution in [0.15, 0.2) is 64.8 Å². The first-order valence-corrected chi connectivity index (χ1v) is 7.30. The predicted molar refractivity (Wildman–Crippen MR) is 88.1 cm³/mol. The second kappa shape index (κ2) is 7.88. The molecule has 0 saturated carbocycles. The Balaban J connectivity index is 1.90. The van der Waals surface area contributed by atoms with E-state index in [9.17, 15) is 0 Å². The summed E-state index contributed by atoms with van der Waals surface area (Å²) in [7, 11) is 0. The van der Waals surface area contributed by atoms with Crippen LogP contribution in [0.3, 0.4) is 0 Å². The Bertz CT molecular complexity index is 687. The summed E-state index contributed by atoms with van der Waals surface area (Å²) in [4.78, 5) is 0. The number of amidine groups is 1. The summed E-state index contributed by atoms with van der Waals surface area (Å²) in [6, 6.07) is 19.3. The summed E-state index contributed by atoms with van der Waals surface area (Å²) < 4.78 is 0. The lowest BCUT2D eigenvalue weighted by Crippen LogP contribution is -2.05. The number of nitrogens with two attached hydrogens (primary N) is 1. The highest BCUT2D eigenvalue weighted by Crippen LogP contribution is 2.11. The smallest absolute Gasteiger partial charge is 0.180 e. The van der Waals surface area contributed by atoms with Crippen molar-refractivity contribution in [3.05, 3.63) is 71.3 Å². The van der Waals surface area contributed by atoms with E-state index in [1.54, 1.807) is 24.4 Å². The lowest BCUT2D eigenvalue weighted by molar-refractivity contribution is 1.25. The minimum absolute atomic E-state index is 0.409. The van der Waals surface area contributed by atoms with Crippen molar-refractivity contribution in [3.63, 3.8) is 0 Å². The van der Waals surface area contributed by atoms with Gasteiger partial charge in [0.15, 0.2) is 5.17 Å². The van der Waals surface area contributed by atoms with Crippen LogP contribution >= 0.6 is 11.8 Å². The third-order valence-corrected chi connectivity index (χ3v) is 3.46. The molecule has 2 rings (SSSR count). The van der Waals surface area contributed by atoms with E-state index in [0.29, 0.717) is 10.7 Å². The zero-order valence-electron chi connectivity index (χ0n) is 11.3. The number of hydrogen-bond donors (Lipinski definition) is 1. The molecular weight excluding hydrogens is 280 g/mol. The normalized spacial score (nSPS) is 11.5. The molecule has 0 aromatic heterocycles. The van der Waals surface area contributed by atoms with Crippen LogP contribution in [0.4, 0.5) is 0 Å². The van der Waals surface area contributed by atoms with Gasteiger partial charge in [0.1, 0.15) is 0 Å². The molecular formula is C16H14N4S. The van der Waals surface area contributed by atoms with Crippen molar-refractivity contribution in [1.82, 2.24) is 0 Å². The van der Waals surface area contributed by atoms with Gasteiger partial charge in [0, 0.05) is 5.75 Å². The quantitative estimate of drug-likeness (QED) is 0.535. The molecule has 2 aromatic carbocycles. The summed E-state index contributed by atoms with van der Waals surface area (Å²) in [6.07, 6.45) is 1.58. The van der Waals surface area contributed by atoms with Gasteiger partial charge in [-0.2, -0.15) is 10.4 Å². The fourth-order valence-corrected chi connectivity index (χ4v) is 2.21. The number of benzene rings is 2. The highest BCUT2D eigenvalue weighted by Gasteiger charge is 1.96. The van der Waals surface area contributed by atoms with Gasteiger partial charge in [0.05, 0.1) is 17.8 Å². The molecule has 0 radical (unpaired) electrons. The van der Waals surface area contributed by atoms with Crippen molar-refractivity contribution in [2.75, 3.05) is 0 Å². The van der Waals surface area contributed by atoms with Crippen molar-refractivity contribution in [2.45, 2.75) is 5.75 Å². The Labute approximate surface area is 128 Å². The van der Waals surface area contributed by atoms with Gasteiger partial charge in [0.25, 0.3) is 0 Å². The number of thioether (sulfide) groups is 1. The second-order valence-corrected chi connectivity index (χ2v) is 5.19. The fourth-order valence-electron chi connectivity index (χ4n) is 1.60. The third-order valence-electron chi connectivity index (χ3n) is 2.61. The van der Waals surface area contributed by atoms with Gasteiger partial charge >= 0.3 is 0 Å². The minimum Gasteiger partial charge on any atom is -0.377 e. The van der Waals surface area contributed by atoms with Gasteiger partial charge < -0.3 is 5.73 Å². The average molecular weight is 294 g/mol. The van der Waals surface area contributed by atoms with Crippen molar-refractivity contribution in [1.29, 1.82) is 5.26 Å². The lowest BCUT2D eigenvalue weighted by Gasteiger charge is -1.99. The molecule has 104 valence electrons. The van der Waals surface area contributed by atoms with E-state index in [4.69, 9.17) is 11.0 Å². The van der Waals surface area contributed by atoms with E-state index < -0.39 is 0 Å². The van der Waals surface area contributed by atoms with Gasteiger partial charge in [-0.05, 0) is 23.3 Å². The van der Waals surface area contributed by atoms with E-state index in [-0.39, 0.29) is 0 Å². The Morgan fingerprint density at radius 1 is 1.19 bits per heavy atom. The molecule has 0 heterocycles. The first-order chi connectivity index (χ1) is 10.3. The Hall–Kier alpha value is -2.58. The number of nitrogens with zero attached hydrogens (tertiary/aromatic N) is 3. The molecule has 0 saturated heterocycles. The zero-order chi connectivity index (χ0) is 14.9. The summed E-state index contributed by atoms with van der Waals surface area (Å²) >= 11 is 1.43. The third kappa shape index (κ3) is 5.13. The summed E-state index contributed by atoms with van der Waals surface area (Å²) in [5.41, 5.74) is 8.39. The minimum atomic E-state index is 0.409. The molecule has 2 N–H and O–H groups in total. The SMILES string of the molecule is N#Cc1cccc(C=NN=C(N)SCc2ccccc2)c1. The molecule has 0 aliphatic carbocycles. The van der Waals surface area contributed by atoms with Crippen molar-refractivity contribution in [3.8, 4) is 6.07 Å². The maximum absolute atomic E-state index is 8.81. The highest BCUT2D eigenvalue weighted by atomic mass is 32.2. The van der Waals surface area contributed by atoms with Gasteiger partial charge in [-0.1, -0.05) is 54.2 Å². The van der Waals surface area contributed by atoms with Crippen LogP contribution in [0.5, 0.6) is 0 Å². The van der Waals surface area contributed by atoms with E-state index in [1.807, 2.05) is 36.4 Å².